The number of nitrogens with one attached hydrogen (secondary N) is 3. The van der Waals surface area contributed by atoms with Crippen LogP contribution in [0.2, 0.25) is 0 Å². The van der Waals surface area contributed by atoms with Crippen LogP contribution in [0.5, 0.6) is 5.75 Å². The quantitative estimate of drug-likeness (QED) is 0.644. The summed E-state index contributed by atoms with van der Waals surface area (Å²) in [5, 5.41) is 9.88. The van der Waals surface area contributed by atoms with Crippen molar-refractivity contribution in [2.75, 3.05) is 18.0 Å². The van der Waals surface area contributed by atoms with Crippen molar-refractivity contribution in [2.45, 2.75) is 55.2 Å². The van der Waals surface area contributed by atoms with Gasteiger partial charge in [0.15, 0.2) is 0 Å². The predicted octanol–water partition coefficient (Wildman–Crippen LogP) is 3.11. The highest BCUT2D eigenvalue weighted by Crippen LogP contribution is 2.50. The van der Waals surface area contributed by atoms with Gasteiger partial charge in [0.25, 0.3) is 0 Å². The molecule has 0 bridgehead atoms. The number of piperidine rings is 1. The van der Waals surface area contributed by atoms with Crippen molar-refractivity contribution in [1.29, 1.82) is 0 Å². The molecule has 1 aromatic carbocycles. The molecule has 3 atom stereocenters. The standard InChI is InChI=1S/C23H27N5O3S/c1-13(2)31-16-7-3-6-15(11-16)28-17-8-10-25-22-18(17)19(27-23(28)30)20(32-22)21(29)26-14-5-4-9-24-12-14/h3,6-8,10-11,13-14,19-20,24H,4-5,9,12H2,1-2H3,(H,26,29)(H,27,30)/t14?,19?,20-/m1/s1. The van der Waals surface area contributed by atoms with Crippen molar-refractivity contribution < 1.29 is 14.3 Å². The second kappa shape index (κ2) is 8.63. The Labute approximate surface area is 191 Å². The number of urea groups is 1. The van der Waals surface area contributed by atoms with Crippen molar-refractivity contribution in [3.63, 3.8) is 0 Å². The van der Waals surface area contributed by atoms with Gasteiger partial charge >= 0.3 is 6.03 Å². The minimum atomic E-state index is -0.442. The van der Waals surface area contributed by atoms with Gasteiger partial charge in [-0.05, 0) is 51.4 Å². The van der Waals surface area contributed by atoms with Gasteiger partial charge in [-0.25, -0.2) is 9.78 Å². The van der Waals surface area contributed by atoms with E-state index < -0.39 is 11.3 Å². The van der Waals surface area contributed by atoms with Crippen LogP contribution in [0.3, 0.4) is 0 Å². The number of rotatable bonds is 5. The molecule has 9 heteroatoms. The van der Waals surface area contributed by atoms with Crippen LogP contribution in [0.1, 0.15) is 38.3 Å². The molecule has 2 aromatic rings. The number of amides is 3. The first-order valence-electron chi connectivity index (χ1n) is 11.1. The predicted molar refractivity (Wildman–Crippen MR) is 124 cm³/mol. The highest BCUT2D eigenvalue weighted by atomic mass is 32.2. The molecule has 3 amide bonds. The Morgan fingerprint density at radius 1 is 1.34 bits per heavy atom. The number of ether oxygens (including phenoxy) is 1. The second-order valence-corrected chi connectivity index (χ2v) is 9.70. The average Bonchev–Trinajstić information content (AvgIpc) is 3.14. The largest absolute Gasteiger partial charge is 0.491 e. The van der Waals surface area contributed by atoms with Crippen LogP contribution in [-0.4, -0.2) is 47.4 Å². The van der Waals surface area contributed by atoms with Crippen molar-refractivity contribution >= 4 is 35.1 Å². The van der Waals surface area contributed by atoms with E-state index in [0.29, 0.717) is 11.4 Å². The topological polar surface area (TPSA) is 95.6 Å². The van der Waals surface area contributed by atoms with Gasteiger partial charge in [0.2, 0.25) is 5.91 Å². The summed E-state index contributed by atoms with van der Waals surface area (Å²) in [7, 11) is 0. The van der Waals surface area contributed by atoms with Crippen LogP contribution in [0.25, 0.3) is 0 Å². The third-order valence-corrected chi connectivity index (χ3v) is 7.14. The lowest BCUT2D eigenvalue weighted by atomic mass is 9.99. The first kappa shape index (κ1) is 21.1. The lowest BCUT2D eigenvalue weighted by molar-refractivity contribution is -0.121. The molecule has 0 saturated carbocycles. The molecule has 32 heavy (non-hydrogen) atoms. The zero-order chi connectivity index (χ0) is 22.2. The Morgan fingerprint density at radius 3 is 3.00 bits per heavy atom. The van der Waals surface area contributed by atoms with Crippen molar-refractivity contribution in [3.8, 4) is 5.75 Å². The molecule has 3 aliphatic rings. The first-order chi connectivity index (χ1) is 15.5. The van der Waals surface area contributed by atoms with Gasteiger partial charge in [0, 0.05) is 30.4 Å². The third kappa shape index (κ3) is 3.91. The second-order valence-electron chi connectivity index (χ2n) is 8.57. The van der Waals surface area contributed by atoms with Gasteiger partial charge in [-0.15, -0.1) is 0 Å². The van der Waals surface area contributed by atoms with E-state index in [1.807, 2.05) is 44.2 Å². The Bertz CT molecular complexity index is 1040. The smallest absolute Gasteiger partial charge is 0.327 e. The van der Waals surface area contributed by atoms with Gasteiger partial charge in [0.1, 0.15) is 16.0 Å². The third-order valence-electron chi connectivity index (χ3n) is 5.86. The lowest BCUT2D eigenvalue weighted by Gasteiger charge is -2.34. The molecule has 1 saturated heterocycles. The van der Waals surface area contributed by atoms with Crippen LogP contribution in [0.15, 0.2) is 41.6 Å². The number of anilines is 2. The van der Waals surface area contributed by atoms with Gasteiger partial charge in [-0.2, -0.15) is 0 Å². The number of benzene rings is 1. The summed E-state index contributed by atoms with van der Waals surface area (Å²) in [5.74, 6) is 0.643. The molecule has 1 aromatic heterocycles. The minimum absolute atomic E-state index is 0.0324. The summed E-state index contributed by atoms with van der Waals surface area (Å²) in [6.07, 6.45) is 3.74. The monoisotopic (exact) mass is 453 g/mol. The zero-order valence-electron chi connectivity index (χ0n) is 18.1. The summed E-state index contributed by atoms with van der Waals surface area (Å²) in [5.41, 5.74) is 2.36. The molecule has 3 N–H and O–H groups in total. The number of carbonyl (C=O) groups excluding carboxylic acids is 2. The molecule has 5 rings (SSSR count). The first-order valence-corrected chi connectivity index (χ1v) is 11.9. The van der Waals surface area contributed by atoms with Crippen LogP contribution >= 0.6 is 11.8 Å². The van der Waals surface area contributed by atoms with Crippen LogP contribution in [-0.2, 0) is 4.79 Å². The molecule has 8 nitrogen and oxygen atoms in total. The van der Waals surface area contributed by atoms with Crippen LogP contribution in [0, 0.1) is 0 Å². The molecule has 2 unspecified atom stereocenters. The number of carbonyl (C=O) groups is 2. The van der Waals surface area contributed by atoms with Crippen LogP contribution in [0.4, 0.5) is 16.2 Å². The van der Waals surface area contributed by atoms with Gasteiger partial charge in [0.05, 0.1) is 23.5 Å². The maximum absolute atomic E-state index is 13.2. The van der Waals surface area contributed by atoms with Crippen molar-refractivity contribution in [3.05, 3.63) is 42.1 Å². The Hall–Kier alpha value is -2.78. The van der Waals surface area contributed by atoms with Gasteiger partial charge in [-0.3, -0.25) is 9.69 Å². The maximum atomic E-state index is 13.2. The number of aromatic nitrogens is 1. The zero-order valence-corrected chi connectivity index (χ0v) is 18.9. The van der Waals surface area contributed by atoms with E-state index in [0.717, 1.165) is 42.2 Å². The normalized spacial score (nSPS) is 24.2. The fourth-order valence-corrected chi connectivity index (χ4v) is 5.74. The summed E-state index contributed by atoms with van der Waals surface area (Å²) < 4.78 is 5.81. The molecule has 168 valence electrons. The van der Waals surface area contributed by atoms with E-state index in [1.54, 1.807) is 11.1 Å². The number of thioether (sulfide) groups is 1. The molecule has 0 spiro atoms. The Kier molecular flexibility index (Phi) is 5.69. The molecular weight excluding hydrogens is 426 g/mol. The van der Waals surface area contributed by atoms with E-state index in [4.69, 9.17) is 4.74 Å². The SMILES string of the molecule is CC(C)Oc1cccc(N2C(=O)NC3c4c2ccnc4S[C@H]3C(=O)NC2CCCNC2)c1. The number of nitrogens with zero attached hydrogens (tertiary/aromatic N) is 2. The molecule has 1 fully saturated rings. The number of pyridine rings is 1. The molecular formula is C23H27N5O3S. The summed E-state index contributed by atoms with van der Waals surface area (Å²) in [6.45, 7) is 5.69. The van der Waals surface area contributed by atoms with E-state index in [1.165, 1.54) is 11.8 Å². The average molecular weight is 454 g/mol. The number of hydrogen-bond donors (Lipinski definition) is 3. The summed E-state index contributed by atoms with van der Waals surface area (Å²) in [4.78, 5) is 32.5. The highest BCUT2D eigenvalue weighted by molar-refractivity contribution is 8.01. The fourth-order valence-electron chi connectivity index (χ4n) is 4.51. The Morgan fingerprint density at radius 2 is 2.22 bits per heavy atom. The lowest BCUT2D eigenvalue weighted by Crippen LogP contribution is -2.52. The van der Waals surface area contributed by atoms with Crippen molar-refractivity contribution in [2.24, 2.45) is 0 Å². The van der Waals surface area contributed by atoms with E-state index in [-0.39, 0.29) is 24.1 Å². The molecule has 4 heterocycles. The van der Waals surface area contributed by atoms with Gasteiger partial charge in [-0.1, -0.05) is 17.8 Å². The maximum Gasteiger partial charge on any atom is 0.327 e. The molecule has 3 aliphatic heterocycles. The van der Waals surface area contributed by atoms with E-state index >= 15 is 0 Å². The highest BCUT2D eigenvalue weighted by Gasteiger charge is 2.46. The van der Waals surface area contributed by atoms with E-state index in [2.05, 4.69) is 20.9 Å². The van der Waals surface area contributed by atoms with Crippen molar-refractivity contribution in [1.82, 2.24) is 20.9 Å². The van der Waals surface area contributed by atoms with Crippen LogP contribution < -0.4 is 25.6 Å². The summed E-state index contributed by atoms with van der Waals surface area (Å²) >= 11 is 1.42. The Balaban J connectivity index is 1.44. The summed E-state index contributed by atoms with van der Waals surface area (Å²) in [6, 6.07) is 8.77. The van der Waals surface area contributed by atoms with E-state index in [9.17, 15) is 9.59 Å². The fraction of sp³-hybridized carbons (Fsp3) is 0.435. The molecule has 0 radical (unpaired) electrons. The number of hydrogen-bond acceptors (Lipinski definition) is 6. The minimum Gasteiger partial charge on any atom is -0.491 e. The van der Waals surface area contributed by atoms with Gasteiger partial charge < -0.3 is 20.7 Å². The molecule has 0 aliphatic carbocycles.